The van der Waals surface area contributed by atoms with E-state index in [0.29, 0.717) is 23.8 Å². The Bertz CT molecular complexity index is 904. The number of hydrogen-bond acceptors (Lipinski definition) is 4. The van der Waals surface area contributed by atoms with Gasteiger partial charge in [-0.25, -0.2) is 13.4 Å². The number of carbonyl (C=O) groups excluding carboxylic acids is 1. The SMILES string of the molecule is Cc1ccc(NC(=O)Cn2cnc(S(=O)(=O)N3CCCCC3)c2)cc1Cl. The average Bonchev–Trinajstić information content (AvgIpc) is 3.08. The average molecular weight is 397 g/mol. The summed E-state index contributed by atoms with van der Waals surface area (Å²) in [6.45, 7) is 2.88. The van der Waals surface area contributed by atoms with Crippen molar-refractivity contribution < 1.29 is 13.2 Å². The summed E-state index contributed by atoms with van der Waals surface area (Å²) in [5.41, 5.74) is 1.51. The maximum absolute atomic E-state index is 12.6. The van der Waals surface area contributed by atoms with Crippen molar-refractivity contribution in [3.63, 3.8) is 0 Å². The van der Waals surface area contributed by atoms with Gasteiger partial charge in [0.1, 0.15) is 6.54 Å². The van der Waals surface area contributed by atoms with E-state index in [1.165, 1.54) is 21.4 Å². The zero-order chi connectivity index (χ0) is 18.7. The zero-order valence-corrected chi connectivity index (χ0v) is 16.1. The molecule has 0 unspecified atom stereocenters. The summed E-state index contributed by atoms with van der Waals surface area (Å²) in [6, 6.07) is 5.26. The maximum atomic E-state index is 12.6. The van der Waals surface area contributed by atoms with E-state index in [0.717, 1.165) is 24.8 Å². The van der Waals surface area contributed by atoms with E-state index < -0.39 is 10.0 Å². The van der Waals surface area contributed by atoms with Gasteiger partial charge in [0, 0.05) is 30.0 Å². The predicted molar refractivity (Wildman–Crippen MR) is 99.7 cm³/mol. The lowest BCUT2D eigenvalue weighted by molar-refractivity contribution is -0.116. The van der Waals surface area contributed by atoms with Crippen LogP contribution in [0.3, 0.4) is 0 Å². The summed E-state index contributed by atoms with van der Waals surface area (Å²) in [5.74, 6) is -0.288. The number of nitrogens with one attached hydrogen (secondary N) is 1. The van der Waals surface area contributed by atoms with Gasteiger partial charge >= 0.3 is 0 Å². The van der Waals surface area contributed by atoms with Gasteiger partial charge in [0.15, 0.2) is 5.03 Å². The van der Waals surface area contributed by atoms with Crippen molar-refractivity contribution in [3.8, 4) is 0 Å². The van der Waals surface area contributed by atoms with Gasteiger partial charge < -0.3 is 9.88 Å². The largest absolute Gasteiger partial charge is 0.327 e. The summed E-state index contributed by atoms with van der Waals surface area (Å²) in [4.78, 5) is 16.2. The van der Waals surface area contributed by atoms with Crippen LogP contribution in [0.25, 0.3) is 0 Å². The number of amides is 1. The van der Waals surface area contributed by atoms with Crippen LogP contribution in [0.4, 0.5) is 5.69 Å². The number of halogens is 1. The van der Waals surface area contributed by atoms with Gasteiger partial charge in [-0.05, 0) is 37.5 Å². The van der Waals surface area contributed by atoms with Crippen LogP contribution in [0, 0.1) is 6.92 Å². The fourth-order valence-electron chi connectivity index (χ4n) is 2.83. The standard InChI is InChI=1S/C17H21ClN4O3S/c1-13-5-6-14(9-15(13)18)20-16(23)10-21-11-17(19-12-21)26(24,25)22-7-3-2-4-8-22/h5-6,9,11-12H,2-4,7-8,10H2,1H3,(H,20,23). The first-order chi connectivity index (χ1) is 12.4. The molecule has 0 spiro atoms. The first-order valence-corrected chi connectivity index (χ1v) is 10.3. The first kappa shape index (κ1) is 18.9. The molecule has 140 valence electrons. The van der Waals surface area contributed by atoms with Gasteiger partial charge in [-0.2, -0.15) is 4.31 Å². The Morgan fingerprint density at radius 1 is 1.27 bits per heavy atom. The Balaban J connectivity index is 1.65. The Labute approximate surface area is 158 Å². The fraction of sp³-hybridized carbons (Fsp3) is 0.412. The Morgan fingerprint density at radius 2 is 2.00 bits per heavy atom. The lowest BCUT2D eigenvalue weighted by atomic mass is 10.2. The van der Waals surface area contributed by atoms with E-state index in [4.69, 9.17) is 11.6 Å². The van der Waals surface area contributed by atoms with Crippen LogP contribution in [0.1, 0.15) is 24.8 Å². The molecule has 0 radical (unpaired) electrons. The van der Waals surface area contributed by atoms with E-state index in [9.17, 15) is 13.2 Å². The van der Waals surface area contributed by atoms with E-state index in [-0.39, 0.29) is 17.5 Å². The Morgan fingerprint density at radius 3 is 2.69 bits per heavy atom. The number of nitrogens with zero attached hydrogens (tertiary/aromatic N) is 3. The molecule has 0 aliphatic carbocycles. The molecule has 1 saturated heterocycles. The lowest BCUT2D eigenvalue weighted by Crippen LogP contribution is -2.35. The van der Waals surface area contributed by atoms with E-state index in [2.05, 4.69) is 10.3 Å². The minimum atomic E-state index is -3.59. The number of piperidine rings is 1. The van der Waals surface area contributed by atoms with Crippen molar-refractivity contribution in [3.05, 3.63) is 41.3 Å². The second kappa shape index (κ2) is 7.77. The maximum Gasteiger partial charge on any atom is 0.262 e. The molecule has 0 atom stereocenters. The minimum Gasteiger partial charge on any atom is -0.327 e. The number of benzene rings is 1. The third kappa shape index (κ3) is 4.25. The van der Waals surface area contributed by atoms with Crippen LogP contribution in [0.15, 0.2) is 35.7 Å². The molecule has 3 rings (SSSR count). The topological polar surface area (TPSA) is 84.3 Å². The molecule has 1 amide bonds. The molecule has 2 aromatic rings. The van der Waals surface area contributed by atoms with Crippen molar-refractivity contribution >= 4 is 33.2 Å². The van der Waals surface area contributed by atoms with Crippen molar-refractivity contribution in [1.29, 1.82) is 0 Å². The summed E-state index contributed by atoms with van der Waals surface area (Å²) < 4.78 is 28.1. The van der Waals surface area contributed by atoms with Gasteiger partial charge in [0.2, 0.25) is 5.91 Å². The second-order valence-corrected chi connectivity index (χ2v) is 8.65. The van der Waals surface area contributed by atoms with Crippen LogP contribution in [-0.2, 0) is 21.4 Å². The number of sulfonamides is 1. The molecule has 1 aromatic heterocycles. The summed E-state index contributed by atoms with van der Waals surface area (Å²) in [5, 5.41) is 3.29. The van der Waals surface area contributed by atoms with Crippen LogP contribution in [0.5, 0.6) is 0 Å². The van der Waals surface area contributed by atoms with E-state index >= 15 is 0 Å². The molecule has 0 bridgehead atoms. The van der Waals surface area contributed by atoms with E-state index in [1.807, 2.05) is 13.0 Å². The quantitative estimate of drug-likeness (QED) is 0.842. The molecule has 26 heavy (non-hydrogen) atoms. The van der Waals surface area contributed by atoms with Crippen LogP contribution < -0.4 is 5.32 Å². The van der Waals surface area contributed by atoms with Crippen molar-refractivity contribution in [2.45, 2.75) is 37.8 Å². The minimum absolute atomic E-state index is 0.0226. The van der Waals surface area contributed by atoms with Crippen LogP contribution in [-0.4, -0.2) is 41.3 Å². The van der Waals surface area contributed by atoms with E-state index in [1.54, 1.807) is 12.1 Å². The van der Waals surface area contributed by atoms with Crippen molar-refractivity contribution in [1.82, 2.24) is 13.9 Å². The highest BCUT2D eigenvalue weighted by atomic mass is 35.5. The zero-order valence-electron chi connectivity index (χ0n) is 14.5. The summed E-state index contributed by atoms with van der Waals surface area (Å²) in [6.07, 6.45) is 5.52. The molecule has 1 aliphatic heterocycles. The highest BCUT2D eigenvalue weighted by molar-refractivity contribution is 7.89. The first-order valence-electron chi connectivity index (χ1n) is 8.44. The number of anilines is 1. The number of hydrogen-bond donors (Lipinski definition) is 1. The number of aromatic nitrogens is 2. The fourth-order valence-corrected chi connectivity index (χ4v) is 4.47. The highest BCUT2D eigenvalue weighted by Crippen LogP contribution is 2.21. The second-order valence-electron chi connectivity index (χ2n) is 6.36. The molecule has 0 saturated carbocycles. The summed E-state index contributed by atoms with van der Waals surface area (Å²) in [7, 11) is -3.59. The Hall–Kier alpha value is -1.90. The monoisotopic (exact) mass is 396 g/mol. The van der Waals surface area contributed by atoms with Crippen molar-refractivity contribution in [2.24, 2.45) is 0 Å². The molecule has 1 fully saturated rings. The lowest BCUT2D eigenvalue weighted by Gasteiger charge is -2.24. The number of carbonyl (C=O) groups is 1. The molecule has 1 aliphatic rings. The summed E-state index contributed by atoms with van der Waals surface area (Å²) >= 11 is 6.05. The Kier molecular flexibility index (Phi) is 5.64. The van der Waals surface area contributed by atoms with Gasteiger partial charge in [0.25, 0.3) is 10.0 Å². The predicted octanol–water partition coefficient (Wildman–Crippen LogP) is 2.66. The molecule has 7 nitrogen and oxygen atoms in total. The molecular formula is C17H21ClN4O3S. The van der Waals surface area contributed by atoms with Gasteiger partial charge in [-0.3, -0.25) is 4.79 Å². The normalized spacial score (nSPS) is 15.8. The molecule has 9 heteroatoms. The molecule has 2 heterocycles. The molecular weight excluding hydrogens is 376 g/mol. The molecule has 1 N–H and O–H groups in total. The highest BCUT2D eigenvalue weighted by Gasteiger charge is 2.28. The molecule has 1 aromatic carbocycles. The van der Waals surface area contributed by atoms with Crippen molar-refractivity contribution in [2.75, 3.05) is 18.4 Å². The van der Waals surface area contributed by atoms with Gasteiger partial charge in [-0.15, -0.1) is 0 Å². The van der Waals surface area contributed by atoms with Crippen LogP contribution in [0.2, 0.25) is 5.02 Å². The smallest absolute Gasteiger partial charge is 0.262 e. The van der Waals surface area contributed by atoms with Crippen LogP contribution >= 0.6 is 11.6 Å². The third-order valence-electron chi connectivity index (χ3n) is 4.31. The number of aryl methyl sites for hydroxylation is 1. The number of rotatable bonds is 5. The van der Waals surface area contributed by atoms with Gasteiger partial charge in [0.05, 0.1) is 6.33 Å². The van der Waals surface area contributed by atoms with Gasteiger partial charge in [-0.1, -0.05) is 24.1 Å². The third-order valence-corrected chi connectivity index (χ3v) is 6.50. The number of imidazole rings is 1.